The lowest BCUT2D eigenvalue weighted by Gasteiger charge is -2.03. The van der Waals surface area contributed by atoms with Gasteiger partial charge in [-0.2, -0.15) is 0 Å². The number of nitro groups is 1. The highest BCUT2D eigenvalue weighted by Crippen LogP contribution is 2.27. The van der Waals surface area contributed by atoms with E-state index in [-0.39, 0.29) is 10.6 Å². The quantitative estimate of drug-likeness (QED) is 0.430. The van der Waals surface area contributed by atoms with E-state index in [1.807, 2.05) is 45.1 Å². The Bertz CT molecular complexity index is 937. The largest absolute Gasteiger partial charge is 0.336 e. The molecule has 3 aromatic heterocycles. The number of nitro benzene ring substituents is 1. The highest BCUT2D eigenvalue weighted by atomic mass is 32.1. The Kier molecular flexibility index (Phi) is 2.55. The third-order valence-electron chi connectivity index (χ3n) is 3.44. The van der Waals surface area contributed by atoms with Gasteiger partial charge in [-0.15, -0.1) is 11.3 Å². The van der Waals surface area contributed by atoms with Gasteiger partial charge in [-0.05, 0) is 6.07 Å². The molecule has 0 amide bonds. The summed E-state index contributed by atoms with van der Waals surface area (Å²) in [7, 11) is 0. The van der Waals surface area contributed by atoms with Crippen LogP contribution < -0.4 is 0 Å². The van der Waals surface area contributed by atoms with Gasteiger partial charge in [-0.25, -0.2) is 4.98 Å². The molecule has 0 aliphatic rings. The van der Waals surface area contributed by atoms with Crippen molar-refractivity contribution in [1.82, 2.24) is 14.0 Å². The summed E-state index contributed by atoms with van der Waals surface area (Å²) in [5, 5.41) is 14.0. The van der Waals surface area contributed by atoms with Gasteiger partial charge >= 0.3 is 0 Å². The minimum absolute atomic E-state index is 0.124. The number of para-hydroxylation sites is 1. The molecule has 7 heteroatoms. The molecule has 0 N–H and O–H groups in total. The zero-order chi connectivity index (χ0) is 14.4. The summed E-state index contributed by atoms with van der Waals surface area (Å²) in [5.41, 5.74) is 1.65. The number of fused-ring (bicyclic) bond motifs is 2. The van der Waals surface area contributed by atoms with E-state index in [9.17, 15) is 10.1 Å². The summed E-state index contributed by atoms with van der Waals surface area (Å²) in [5.74, 6) is 0. The van der Waals surface area contributed by atoms with Gasteiger partial charge in [0, 0.05) is 35.4 Å². The maximum atomic E-state index is 11.2. The molecule has 0 aliphatic heterocycles. The van der Waals surface area contributed by atoms with E-state index >= 15 is 0 Å². The van der Waals surface area contributed by atoms with Gasteiger partial charge in [-0.1, -0.05) is 12.1 Å². The van der Waals surface area contributed by atoms with Crippen molar-refractivity contribution in [2.24, 2.45) is 0 Å². The average molecular weight is 298 g/mol. The zero-order valence-electron chi connectivity index (χ0n) is 10.8. The molecule has 4 aromatic rings. The smallest absolute Gasteiger partial charge is 0.293 e. The molecular weight excluding hydrogens is 288 g/mol. The van der Waals surface area contributed by atoms with E-state index in [0.717, 1.165) is 16.0 Å². The Labute approximate surface area is 123 Å². The Morgan fingerprint density at radius 3 is 3.00 bits per heavy atom. The number of imidazole rings is 1. The zero-order valence-corrected chi connectivity index (χ0v) is 11.7. The second-order valence-electron chi connectivity index (χ2n) is 4.74. The molecule has 0 bridgehead atoms. The van der Waals surface area contributed by atoms with Gasteiger partial charge in [0.25, 0.3) is 5.69 Å². The summed E-state index contributed by atoms with van der Waals surface area (Å²) in [6.07, 6.45) is 5.77. The number of benzene rings is 1. The predicted molar refractivity (Wildman–Crippen MR) is 80.8 cm³/mol. The Morgan fingerprint density at radius 2 is 2.19 bits per heavy atom. The fraction of sp³-hybridized carbons (Fsp3) is 0.0714. The van der Waals surface area contributed by atoms with Crippen molar-refractivity contribution in [3.05, 3.63) is 64.0 Å². The van der Waals surface area contributed by atoms with E-state index < -0.39 is 0 Å². The molecule has 0 saturated heterocycles. The Morgan fingerprint density at radius 1 is 1.29 bits per heavy atom. The van der Waals surface area contributed by atoms with Crippen LogP contribution in [0.1, 0.15) is 5.69 Å². The third-order valence-corrected chi connectivity index (χ3v) is 4.21. The van der Waals surface area contributed by atoms with Gasteiger partial charge in [0.1, 0.15) is 5.52 Å². The van der Waals surface area contributed by atoms with Crippen LogP contribution in [0, 0.1) is 10.1 Å². The monoisotopic (exact) mass is 298 g/mol. The van der Waals surface area contributed by atoms with Gasteiger partial charge < -0.3 is 4.57 Å². The van der Waals surface area contributed by atoms with E-state index in [1.165, 1.54) is 6.07 Å². The van der Waals surface area contributed by atoms with Crippen molar-refractivity contribution in [2.45, 2.75) is 6.54 Å². The first-order valence-corrected chi connectivity index (χ1v) is 7.24. The summed E-state index contributed by atoms with van der Waals surface area (Å²) in [4.78, 5) is 16.3. The summed E-state index contributed by atoms with van der Waals surface area (Å²) < 4.78 is 3.83. The van der Waals surface area contributed by atoms with Crippen LogP contribution in [0.15, 0.2) is 48.2 Å². The molecule has 0 unspecified atom stereocenters. The van der Waals surface area contributed by atoms with Gasteiger partial charge in [-0.3, -0.25) is 14.5 Å². The van der Waals surface area contributed by atoms with Crippen molar-refractivity contribution < 1.29 is 4.92 Å². The number of aromatic nitrogens is 3. The van der Waals surface area contributed by atoms with Crippen LogP contribution in [0.2, 0.25) is 0 Å². The van der Waals surface area contributed by atoms with E-state index in [1.54, 1.807) is 17.4 Å². The van der Waals surface area contributed by atoms with Crippen molar-refractivity contribution in [3.63, 3.8) is 0 Å². The van der Waals surface area contributed by atoms with Crippen LogP contribution >= 0.6 is 11.3 Å². The Balaban J connectivity index is 1.83. The van der Waals surface area contributed by atoms with Crippen LogP contribution in [-0.2, 0) is 6.54 Å². The normalized spacial score (nSPS) is 11.4. The van der Waals surface area contributed by atoms with Gasteiger partial charge in [0.15, 0.2) is 4.96 Å². The second-order valence-corrected chi connectivity index (χ2v) is 5.61. The fourth-order valence-electron chi connectivity index (χ4n) is 2.55. The van der Waals surface area contributed by atoms with Crippen molar-refractivity contribution in [1.29, 1.82) is 0 Å². The average Bonchev–Trinajstić information content (AvgIpc) is 3.13. The number of hydrogen-bond donors (Lipinski definition) is 0. The first-order chi connectivity index (χ1) is 10.2. The minimum Gasteiger partial charge on any atom is -0.336 e. The predicted octanol–water partition coefficient (Wildman–Crippen LogP) is 3.31. The van der Waals surface area contributed by atoms with E-state index in [2.05, 4.69) is 4.98 Å². The second kappa shape index (κ2) is 4.42. The molecule has 0 radical (unpaired) electrons. The molecule has 1 aromatic carbocycles. The van der Waals surface area contributed by atoms with Gasteiger partial charge in [0.2, 0.25) is 0 Å². The molecule has 0 aliphatic carbocycles. The summed E-state index contributed by atoms with van der Waals surface area (Å²) in [6.45, 7) is 0.517. The lowest BCUT2D eigenvalue weighted by atomic mass is 10.2. The Hall–Kier alpha value is -2.67. The van der Waals surface area contributed by atoms with Crippen LogP contribution in [-0.4, -0.2) is 18.9 Å². The molecule has 21 heavy (non-hydrogen) atoms. The number of rotatable bonds is 3. The van der Waals surface area contributed by atoms with Gasteiger partial charge in [0.05, 0.1) is 17.2 Å². The molecule has 0 fully saturated rings. The molecular formula is C14H10N4O2S. The van der Waals surface area contributed by atoms with Crippen LogP contribution in [0.5, 0.6) is 0 Å². The topological polar surface area (TPSA) is 65.4 Å². The lowest BCUT2D eigenvalue weighted by Crippen LogP contribution is -2.00. The molecule has 6 nitrogen and oxygen atoms in total. The van der Waals surface area contributed by atoms with Crippen LogP contribution in [0.4, 0.5) is 5.69 Å². The lowest BCUT2D eigenvalue weighted by molar-refractivity contribution is -0.383. The van der Waals surface area contributed by atoms with Crippen molar-refractivity contribution >= 4 is 32.9 Å². The molecule has 0 saturated carbocycles. The molecule has 3 heterocycles. The number of thiazole rings is 1. The summed E-state index contributed by atoms with van der Waals surface area (Å²) >= 11 is 1.57. The highest BCUT2D eigenvalue weighted by Gasteiger charge is 2.16. The molecule has 0 atom stereocenters. The highest BCUT2D eigenvalue weighted by molar-refractivity contribution is 7.15. The first kappa shape index (κ1) is 12.1. The van der Waals surface area contributed by atoms with E-state index in [4.69, 9.17) is 0 Å². The van der Waals surface area contributed by atoms with Crippen molar-refractivity contribution in [2.75, 3.05) is 0 Å². The minimum atomic E-state index is -0.343. The molecule has 0 spiro atoms. The number of non-ortho nitro benzene ring substituents is 1. The molecule has 4 rings (SSSR count). The first-order valence-electron chi connectivity index (χ1n) is 6.36. The van der Waals surface area contributed by atoms with Crippen LogP contribution in [0.3, 0.4) is 0 Å². The summed E-state index contributed by atoms with van der Waals surface area (Å²) in [6, 6.07) is 7.01. The number of nitrogens with zero attached hydrogens (tertiary/aromatic N) is 4. The molecule has 104 valence electrons. The maximum absolute atomic E-state index is 11.2. The van der Waals surface area contributed by atoms with E-state index in [0.29, 0.717) is 12.1 Å². The maximum Gasteiger partial charge on any atom is 0.293 e. The van der Waals surface area contributed by atoms with Crippen molar-refractivity contribution in [3.8, 4) is 0 Å². The standard InChI is InChI=1S/C14H10N4O2S/c19-18(20)12-3-1-2-10-4-5-16(13(10)12)8-11-9-17-6-7-21-14(17)15-11/h1-7,9H,8H2. The SMILES string of the molecule is O=[N+]([O-])c1cccc2ccn(Cc3cn4ccsc4n3)c12. The number of hydrogen-bond acceptors (Lipinski definition) is 4. The van der Waals surface area contributed by atoms with Crippen LogP contribution in [0.25, 0.3) is 15.9 Å². The fourth-order valence-corrected chi connectivity index (χ4v) is 3.27. The third kappa shape index (κ3) is 1.90.